The molecule has 0 spiro atoms. The van der Waals surface area contributed by atoms with E-state index in [2.05, 4.69) is 30.2 Å². The Morgan fingerprint density at radius 3 is 2.78 bits per heavy atom. The molecule has 13 heteroatoms. The molecule has 1 aliphatic rings. The van der Waals surface area contributed by atoms with Gasteiger partial charge in [0.25, 0.3) is 5.91 Å². The third-order valence-corrected chi connectivity index (χ3v) is 7.33. The minimum atomic E-state index is -3.09. The van der Waals surface area contributed by atoms with Crippen molar-refractivity contribution in [2.24, 2.45) is 0 Å². The predicted molar refractivity (Wildman–Crippen MR) is 145 cm³/mol. The molecule has 3 aromatic heterocycles. The number of nitrogens with zero attached hydrogens (tertiary/aromatic N) is 5. The maximum absolute atomic E-state index is 15.0. The van der Waals surface area contributed by atoms with Gasteiger partial charge in [-0.2, -0.15) is 13.9 Å². The molecule has 2 atom stereocenters. The number of benzene rings is 2. The van der Waals surface area contributed by atoms with E-state index in [0.717, 1.165) is 18.4 Å². The van der Waals surface area contributed by atoms with Crippen LogP contribution in [0.1, 0.15) is 42.1 Å². The van der Waals surface area contributed by atoms with E-state index in [1.165, 1.54) is 30.6 Å². The standard InChI is InChI=1S/C28H23ClF3N7O2/c29-15-8-9-24(41-28(31)32)19(10-15)27(40)36-16-4-3-5-17(11-16)39-23-12-21(25-34-14-35-38-25)33-13-22(23)37-26(39)18-6-1-2-7-20(18)30/h1-2,6-10,12-14,16-17,28H,3-5,11H2,(H,36,40)(H,34,35,38)/t16-,17+/m0/s1. The molecule has 0 unspecified atom stereocenters. The third kappa shape index (κ3) is 5.47. The van der Waals surface area contributed by atoms with Crippen LogP contribution in [0.15, 0.2) is 61.1 Å². The first-order valence-electron chi connectivity index (χ1n) is 12.9. The number of nitrogens with one attached hydrogen (secondary N) is 2. The van der Waals surface area contributed by atoms with Gasteiger partial charge in [-0.05, 0) is 62.1 Å². The third-order valence-electron chi connectivity index (χ3n) is 7.10. The lowest BCUT2D eigenvalue weighted by atomic mass is 9.90. The molecule has 1 amide bonds. The monoisotopic (exact) mass is 581 g/mol. The van der Waals surface area contributed by atoms with E-state index < -0.39 is 18.3 Å². The zero-order valence-corrected chi connectivity index (χ0v) is 22.2. The summed E-state index contributed by atoms with van der Waals surface area (Å²) in [5.41, 5.74) is 2.10. The second-order valence-corrected chi connectivity index (χ2v) is 10.1. The molecule has 9 nitrogen and oxygen atoms in total. The lowest BCUT2D eigenvalue weighted by Gasteiger charge is -2.32. The largest absolute Gasteiger partial charge is 0.434 e. The van der Waals surface area contributed by atoms with Crippen LogP contribution in [0.3, 0.4) is 0 Å². The highest BCUT2D eigenvalue weighted by molar-refractivity contribution is 6.31. The summed E-state index contributed by atoms with van der Waals surface area (Å²) in [6, 6.07) is 11.7. The molecule has 3 heterocycles. The van der Waals surface area contributed by atoms with Gasteiger partial charge in [0.2, 0.25) is 0 Å². The highest BCUT2D eigenvalue weighted by atomic mass is 35.5. The minimum Gasteiger partial charge on any atom is -0.434 e. The van der Waals surface area contributed by atoms with Crippen LogP contribution >= 0.6 is 11.6 Å². The van der Waals surface area contributed by atoms with E-state index in [4.69, 9.17) is 16.6 Å². The molecular weight excluding hydrogens is 559 g/mol. The first kappa shape index (κ1) is 26.8. The number of aromatic amines is 1. The second kappa shape index (κ2) is 11.2. The zero-order valence-electron chi connectivity index (χ0n) is 21.4. The molecule has 210 valence electrons. The number of alkyl halides is 2. The van der Waals surface area contributed by atoms with E-state index in [1.807, 2.05) is 10.6 Å². The fourth-order valence-electron chi connectivity index (χ4n) is 5.33. The van der Waals surface area contributed by atoms with Crippen LogP contribution in [0.4, 0.5) is 13.2 Å². The van der Waals surface area contributed by atoms with Gasteiger partial charge in [0, 0.05) is 17.1 Å². The van der Waals surface area contributed by atoms with Gasteiger partial charge < -0.3 is 14.6 Å². The van der Waals surface area contributed by atoms with Crippen molar-refractivity contribution in [1.29, 1.82) is 0 Å². The normalized spacial score (nSPS) is 17.2. The SMILES string of the molecule is O=C(N[C@H]1CCC[C@@H](n2c(-c3ccccc3F)nc3cnc(-c4ncn[nH]4)cc32)C1)c1cc(Cl)ccc1OC(F)F. The molecule has 2 aromatic carbocycles. The summed E-state index contributed by atoms with van der Waals surface area (Å²) in [5.74, 6) is -0.335. The molecule has 0 aliphatic heterocycles. The summed E-state index contributed by atoms with van der Waals surface area (Å²) < 4.78 is 47.4. The van der Waals surface area contributed by atoms with Crippen LogP contribution in [0, 0.1) is 5.82 Å². The van der Waals surface area contributed by atoms with Gasteiger partial charge in [0.1, 0.15) is 34.9 Å². The molecule has 2 N–H and O–H groups in total. The van der Waals surface area contributed by atoms with Gasteiger partial charge in [-0.15, -0.1) is 0 Å². The van der Waals surface area contributed by atoms with Crippen molar-refractivity contribution < 1.29 is 22.7 Å². The first-order valence-corrected chi connectivity index (χ1v) is 13.3. The van der Waals surface area contributed by atoms with E-state index in [-0.39, 0.29) is 28.4 Å². The Morgan fingerprint density at radius 2 is 2.00 bits per heavy atom. The number of imidazole rings is 1. The van der Waals surface area contributed by atoms with Gasteiger partial charge in [-0.3, -0.25) is 14.9 Å². The van der Waals surface area contributed by atoms with Crippen LogP contribution in [0.25, 0.3) is 33.9 Å². The van der Waals surface area contributed by atoms with Crippen LogP contribution < -0.4 is 10.1 Å². The average Bonchev–Trinajstić information content (AvgIpc) is 3.62. The molecular formula is C28H23ClF3N7O2. The molecule has 1 aliphatic carbocycles. The van der Waals surface area contributed by atoms with Crippen molar-refractivity contribution in [3.63, 3.8) is 0 Å². The molecule has 5 aromatic rings. The number of rotatable bonds is 7. The molecule has 0 bridgehead atoms. The topological polar surface area (TPSA) is 111 Å². The summed E-state index contributed by atoms with van der Waals surface area (Å²) in [4.78, 5) is 26.6. The van der Waals surface area contributed by atoms with Gasteiger partial charge in [0.15, 0.2) is 5.82 Å². The quantitative estimate of drug-likeness (QED) is 0.237. The summed E-state index contributed by atoms with van der Waals surface area (Å²) in [6.07, 6.45) is 5.65. The number of amides is 1. The minimum absolute atomic E-state index is 0.0807. The van der Waals surface area contributed by atoms with Crippen molar-refractivity contribution in [2.75, 3.05) is 0 Å². The number of aromatic nitrogens is 6. The smallest absolute Gasteiger partial charge is 0.387 e. The highest BCUT2D eigenvalue weighted by Crippen LogP contribution is 2.37. The molecule has 41 heavy (non-hydrogen) atoms. The van der Waals surface area contributed by atoms with E-state index in [9.17, 15) is 13.6 Å². The number of carbonyl (C=O) groups is 1. The lowest BCUT2D eigenvalue weighted by Crippen LogP contribution is -2.39. The number of pyridine rings is 1. The maximum atomic E-state index is 15.0. The Morgan fingerprint density at radius 1 is 1.15 bits per heavy atom. The van der Waals surface area contributed by atoms with Crippen molar-refractivity contribution in [2.45, 2.75) is 44.4 Å². The highest BCUT2D eigenvalue weighted by Gasteiger charge is 2.30. The summed E-state index contributed by atoms with van der Waals surface area (Å²) >= 11 is 6.04. The van der Waals surface area contributed by atoms with Crippen molar-refractivity contribution >= 4 is 28.5 Å². The van der Waals surface area contributed by atoms with Crippen molar-refractivity contribution in [3.05, 3.63) is 77.5 Å². The molecule has 1 saturated carbocycles. The van der Waals surface area contributed by atoms with Gasteiger partial charge in [-0.25, -0.2) is 14.4 Å². The van der Waals surface area contributed by atoms with Crippen molar-refractivity contribution in [1.82, 2.24) is 35.0 Å². The molecule has 1 fully saturated rings. The van der Waals surface area contributed by atoms with Crippen LogP contribution in [-0.2, 0) is 0 Å². The van der Waals surface area contributed by atoms with Gasteiger partial charge in [0.05, 0.1) is 22.8 Å². The van der Waals surface area contributed by atoms with Crippen molar-refractivity contribution in [3.8, 4) is 28.7 Å². The van der Waals surface area contributed by atoms with E-state index >= 15 is 4.39 Å². The lowest BCUT2D eigenvalue weighted by molar-refractivity contribution is -0.0501. The van der Waals surface area contributed by atoms with Crippen LogP contribution in [0.2, 0.25) is 5.02 Å². The fraction of sp³-hybridized carbons (Fsp3) is 0.250. The molecule has 6 rings (SSSR count). The Bertz CT molecular complexity index is 1710. The Labute approximate surface area is 236 Å². The van der Waals surface area contributed by atoms with E-state index in [0.29, 0.717) is 41.3 Å². The van der Waals surface area contributed by atoms with E-state index in [1.54, 1.807) is 24.4 Å². The Kier molecular flexibility index (Phi) is 7.31. The number of hydrogen-bond donors (Lipinski definition) is 2. The Balaban J connectivity index is 1.36. The number of H-pyrrole nitrogens is 1. The van der Waals surface area contributed by atoms with Crippen LogP contribution in [0.5, 0.6) is 5.75 Å². The Hall–Kier alpha value is -4.45. The van der Waals surface area contributed by atoms with Gasteiger partial charge >= 0.3 is 6.61 Å². The zero-order chi connectivity index (χ0) is 28.5. The summed E-state index contributed by atoms with van der Waals surface area (Å²) in [6.45, 7) is -3.09. The summed E-state index contributed by atoms with van der Waals surface area (Å²) in [7, 11) is 0. The number of ether oxygens (including phenoxy) is 1. The maximum Gasteiger partial charge on any atom is 0.387 e. The molecule has 0 radical (unpaired) electrons. The average molecular weight is 582 g/mol. The first-order chi connectivity index (χ1) is 19.9. The van der Waals surface area contributed by atoms with Gasteiger partial charge in [-0.1, -0.05) is 23.7 Å². The number of fused-ring (bicyclic) bond motifs is 1. The number of carbonyl (C=O) groups excluding carboxylic acids is 1. The number of halogens is 4. The second-order valence-electron chi connectivity index (χ2n) is 9.69. The predicted octanol–water partition coefficient (Wildman–Crippen LogP) is 6.19. The van der Waals surface area contributed by atoms with Crippen LogP contribution in [-0.4, -0.2) is 48.3 Å². The fourth-order valence-corrected chi connectivity index (χ4v) is 5.50. The number of hydrogen-bond acceptors (Lipinski definition) is 6. The molecule has 0 saturated heterocycles. The summed E-state index contributed by atoms with van der Waals surface area (Å²) in [5, 5.41) is 9.87.